The Morgan fingerprint density at radius 3 is 2.22 bits per heavy atom. The molecule has 0 unspecified atom stereocenters. The van der Waals surface area contributed by atoms with Crippen LogP contribution in [0.5, 0.6) is 0 Å². The number of halogens is 1. The molecule has 0 aliphatic heterocycles. The molecule has 2 heteroatoms. The van der Waals surface area contributed by atoms with Gasteiger partial charge in [0.25, 0.3) is 0 Å². The number of rotatable bonds is 7. The normalized spacial score (nSPS) is 12.9. The molecule has 0 spiro atoms. The van der Waals surface area contributed by atoms with Crippen LogP contribution < -0.4 is 0 Å². The highest BCUT2D eigenvalue weighted by atomic mass is 32.1. The van der Waals surface area contributed by atoms with Crippen molar-refractivity contribution >= 4 is 17.1 Å². The fraction of sp³-hybridized carbons (Fsp3) is 0.286. The molecule has 0 atom stereocenters. The van der Waals surface area contributed by atoms with Crippen molar-refractivity contribution in [2.45, 2.75) is 39.8 Å². The Balaban J connectivity index is 3.02. The SMILES string of the molecule is C=CC(=C/C(=C)C(C)=S)/C(=C\C)Cc1ccc(C(C)(C)F)cc1. The zero-order valence-electron chi connectivity index (χ0n) is 14.4. The third kappa shape index (κ3) is 5.72. The van der Waals surface area contributed by atoms with Crippen molar-refractivity contribution < 1.29 is 4.39 Å². The molecular formula is C21H25FS. The first-order valence-corrected chi connectivity index (χ1v) is 8.07. The van der Waals surface area contributed by atoms with Crippen LogP contribution in [0.4, 0.5) is 4.39 Å². The minimum Gasteiger partial charge on any atom is -0.239 e. The second-order valence-corrected chi connectivity index (χ2v) is 6.66. The molecule has 0 aromatic heterocycles. The van der Waals surface area contributed by atoms with Crippen LogP contribution in [0, 0.1) is 0 Å². The fourth-order valence-electron chi connectivity index (χ4n) is 2.18. The lowest BCUT2D eigenvalue weighted by atomic mass is 9.93. The summed E-state index contributed by atoms with van der Waals surface area (Å²) in [5, 5.41) is 0. The highest BCUT2D eigenvalue weighted by Crippen LogP contribution is 2.26. The monoisotopic (exact) mass is 328 g/mol. The van der Waals surface area contributed by atoms with E-state index in [2.05, 4.69) is 19.2 Å². The van der Waals surface area contributed by atoms with Crippen LogP contribution in [0.3, 0.4) is 0 Å². The molecule has 1 aromatic carbocycles. The van der Waals surface area contributed by atoms with Crippen molar-refractivity contribution in [3.8, 4) is 0 Å². The molecule has 122 valence electrons. The zero-order valence-corrected chi connectivity index (χ0v) is 15.3. The van der Waals surface area contributed by atoms with Crippen molar-refractivity contribution in [2.24, 2.45) is 0 Å². The van der Waals surface area contributed by atoms with Crippen LogP contribution >= 0.6 is 12.2 Å². The molecule has 0 bridgehead atoms. The molecular weight excluding hydrogens is 303 g/mol. The maximum atomic E-state index is 13.9. The van der Waals surface area contributed by atoms with Crippen molar-refractivity contribution in [3.63, 3.8) is 0 Å². The van der Waals surface area contributed by atoms with Gasteiger partial charge in [-0.15, -0.1) is 0 Å². The van der Waals surface area contributed by atoms with Gasteiger partial charge >= 0.3 is 0 Å². The number of hydrogen-bond donors (Lipinski definition) is 0. The van der Waals surface area contributed by atoms with Crippen LogP contribution in [-0.4, -0.2) is 4.86 Å². The van der Waals surface area contributed by atoms with Gasteiger partial charge in [-0.3, -0.25) is 0 Å². The molecule has 1 rings (SSSR count). The molecule has 23 heavy (non-hydrogen) atoms. The number of alkyl halides is 1. The second-order valence-electron chi connectivity index (χ2n) is 6.05. The molecule has 0 nitrogen and oxygen atoms in total. The van der Waals surface area contributed by atoms with E-state index < -0.39 is 5.67 Å². The topological polar surface area (TPSA) is 0 Å². The van der Waals surface area contributed by atoms with E-state index in [9.17, 15) is 4.39 Å². The first kappa shape index (κ1) is 19.2. The lowest BCUT2D eigenvalue weighted by molar-refractivity contribution is 0.221. The smallest absolute Gasteiger partial charge is 0.130 e. The quantitative estimate of drug-likeness (QED) is 0.315. The van der Waals surface area contributed by atoms with Crippen molar-refractivity contribution in [1.29, 1.82) is 0 Å². The van der Waals surface area contributed by atoms with E-state index in [1.54, 1.807) is 13.8 Å². The summed E-state index contributed by atoms with van der Waals surface area (Å²) in [4.78, 5) is 0.773. The molecule has 0 aliphatic rings. The lowest BCUT2D eigenvalue weighted by Crippen LogP contribution is -2.08. The van der Waals surface area contributed by atoms with Gasteiger partial charge in [0.2, 0.25) is 0 Å². The Hall–Kier alpha value is -1.80. The van der Waals surface area contributed by atoms with Crippen molar-refractivity contribution in [2.75, 3.05) is 0 Å². The van der Waals surface area contributed by atoms with Crippen LogP contribution in [-0.2, 0) is 12.1 Å². The maximum Gasteiger partial charge on any atom is 0.130 e. The summed E-state index contributed by atoms with van der Waals surface area (Å²) < 4.78 is 13.9. The van der Waals surface area contributed by atoms with Crippen LogP contribution in [0.25, 0.3) is 0 Å². The van der Waals surface area contributed by atoms with Gasteiger partial charge < -0.3 is 0 Å². The number of hydrogen-bond acceptors (Lipinski definition) is 1. The van der Waals surface area contributed by atoms with E-state index >= 15 is 0 Å². The molecule has 0 radical (unpaired) electrons. The molecule has 0 fully saturated rings. The van der Waals surface area contributed by atoms with E-state index in [1.807, 2.05) is 50.3 Å². The highest BCUT2D eigenvalue weighted by Gasteiger charge is 2.18. The number of allylic oxidation sites excluding steroid dienone is 6. The minimum atomic E-state index is -1.32. The zero-order chi connectivity index (χ0) is 17.6. The third-order valence-corrected chi connectivity index (χ3v) is 4.02. The van der Waals surface area contributed by atoms with Crippen LogP contribution in [0.15, 0.2) is 72.4 Å². The summed E-state index contributed by atoms with van der Waals surface area (Å²) in [6.45, 7) is 14.9. The van der Waals surface area contributed by atoms with E-state index in [0.717, 1.165) is 33.6 Å². The van der Waals surface area contributed by atoms with E-state index in [0.29, 0.717) is 5.56 Å². The summed E-state index contributed by atoms with van der Waals surface area (Å²) in [5.74, 6) is 0. The number of thiocarbonyl (C=S) groups is 1. The Morgan fingerprint density at radius 1 is 1.26 bits per heavy atom. The molecule has 0 N–H and O–H groups in total. The predicted octanol–water partition coefficient (Wildman–Crippen LogP) is 6.44. The Morgan fingerprint density at radius 2 is 1.83 bits per heavy atom. The third-order valence-electron chi connectivity index (χ3n) is 3.76. The van der Waals surface area contributed by atoms with Gasteiger partial charge in [-0.2, -0.15) is 0 Å². The Kier molecular flexibility index (Phi) is 6.83. The average Bonchev–Trinajstić information content (AvgIpc) is 2.49. The van der Waals surface area contributed by atoms with Crippen molar-refractivity contribution in [1.82, 2.24) is 0 Å². The average molecular weight is 328 g/mol. The van der Waals surface area contributed by atoms with Gasteiger partial charge in [-0.1, -0.05) is 61.8 Å². The first-order chi connectivity index (χ1) is 10.7. The molecule has 1 aromatic rings. The Bertz CT molecular complexity index is 652. The lowest BCUT2D eigenvalue weighted by Gasteiger charge is -2.15. The van der Waals surface area contributed by atoms with Gasteiger partial charge in [0.05, 0.1) is 0 Å². The molecule has 0 saturated heterocycles. The molecule has 0 amide bonds. The minimum absolute atomic E-state index is 0.687. The molecule has 0 saturated carbocycles. The summed E-state index contributed by atoms with van der Waals surface area (Å²) in [7, 11) is 0. The fourth-order valence-corrected chi connectivity index (χ4v) is 2.24. The van der Waals surface area contributed by atoms with Crippen LogP contribution in [0.1, 0.15) is 38.8 Å². The largest absolute Gasteiger partial charge is 0.239 e. The van der Waals surface area contributed by atoms with Gasteiger partial charge in [-0.25, -0.2) is 4.39 Å². The Labute approximate surface area is 145 Å². The molecule has 0 aliphatic carbocycles. The number of benzene rings is 1. The highest BCUT2D eigenvalue weighted by molar-refractivity contribution is 7.80. The maximum absolute atomic E-state index is 13.9. The predicted molar refractivity (Wildman–Crippen MR) is 104 cm³/mol. The van der Waals surface area contributed by atoms with Gasteiger partial charge in [0.15, 0.2) is 0 Å². The van der Waals surface area contributed by atoms with Gasteiger partial charge in [-0.05, 0) is 68.0 Å². The van der Waals surface area contributed by atoms with Gasteiger partial charge in [0.1, 0.15) is 5.67 Å². The summed E-state index contributed by atoms with van der Waals surface area (Å²) in [6.07, 6.45) is 6.60. The summed E-state index contributed by atoms with van der Waals surface area (Å²) in [6, 6.07) is 7.64. The van der Waals surface area contributed by atoms with Crippen molar-refractivity contribution in [3.05, 3.63) is 83.5 Å². The standard InChI is InChI=1S/C21H25FS/c1-7-18(13-15(3)16(4)23)19(8-2)14-17-9-11-20(12-10-17)21(5,6)22/h7-13H,1,3,14H2,2,4-6H3/b18-13-,19-8-. The summed E-state index contributed by atoms with van der Waals surface area (Å²) in [5.41, 5.74) is 3.48. The van der Waals surface area contributed by atoms with Crippen LogP contribution in [0.2, 0.25) is 0 Å². The van der Waals surface area contributed by atoms with Gasteiger partial charge in [0, 0.05) is 4.86 Å². The van der Waals surface area contributed by atoms with E-state index in [1.165, 1.54) is 0 Å². The first-order valence-electron chi connectivity index (χ1n) is 7.67. The second kappa shape index (κ2) is 8.16. The summed E-state index contributed by atoms with van der Waals surface area (Å²) >= 11 is 5.15. The van der Waals surface area contributed by atoms with E-state index in [4.69, 9.17) is 12.2 Å². The molecule has 0 heterocycles. The van der Waals surface area contributed by atoms with E-state index in [-0.39, 0.29) is 0 Å².